The van der Waals surface area contributed by atoms with Crippen molar-refractivity contribution < 1.29 is 19.4 Å². The average molecular weight is 386 g/mol. The first-order valence-corrected chi connectivity index (χ1v) is 9.10. The molecule has 0 aliphatic rings. The van der Waals surface area contributed by atoms with Gasteiger partial charge in [-0.1, -0.05) is 60.7 Å². The smallest absolute Gasteiger partial charge is 0.185 e. The molecule has 0 radical (unpaired) electrons. The van der Waals surface area contributed by atoms with E-state index in [0.717, 1.165) is 22.4 Å². The fraction of sp³-hybridized carbons (Fsp3) is 0.0800. The standard InChI is InChI=1S/C25H22O4/c1-28-22-13-7-19(8-14-22)9-15-23(26)21-11-5-18(6-12-21)3-4-20-10-16-24(27)25(17-20)29-2/h3-17,27H,1-2H3. The van der Waals surface area contributed by atoms with E-state index < -0.39 is 0 Å². The molecule has 0 aromatic heterocycles. The number of aromatic hydroxyl groups is 1. The molecule has 1 N–H and O–H groups in total. The minimum absolute atomic E-state index is 0.0559. The second kappa shape index (κ2) is 9.42. The summed E-state index contributed by atoms with van der Waals surface area (Å²) in [6.07, 6.45) is 7.21. The van der Waals surface area contributed by atoms with E-state index in [0.29, 0.717) is 11.3 Å². The first-order valence-electron chi connectivity index (χ1n) is 9.10. The van der Waals surface area contributed by atoms with E-state index in [-0.39, 0.29) is 11.5 Å². The fourth-order valence-corrected chi connectivity index (χ4v) is 2.73. The van der Waals surface area contributed by atoms with E-state index in [4.69, 9.17) is 9.47 Å². The summed E-state index contributed by atoms with van der Waals surface area (Å²) in [6, 6.07) is 20.0. The summed E-state index contributed by atoms with van der Waals surface area (Å²) in [6.45, 7) is 0. The second-order valence-electron chi connectivity index (χ2n) is 6.36. The van der Waals surface area contributed by atoms with Crippen LogP contribution in [0.3, 0.4) is 0 Å². The van der Waals surface area contributed by atoms with Gasteiger partial charge in [0.1, 0.15) is 5.75 Å². The lowest BCUT2D eigenvalue weighted by atomic mass is 10.1. The third kappa shape index (κ3) is 5.36. The largest absolute Gasteiger partial charge is 0.504 e. The number of phenols is 1. The monoisotopic (exact) mass is 386 g/mol. The fourth-order valence-electron chi connectivity index (χ4n) is 2.73. The SMILES string of the molecule is COc1ccc(C=CC(=O)c2ccc(C=Cc3ccc(O)c(OC)c3)cc2)cc1. The molecule has 0 atom stereocenters. The number of ether oxygens (including phenoxy) is 2. The Hall–Kier alpha value is -3.79. The lowest BCUT2D eigenvalue weighted by Crippen LogP contribution is -1.93. The lowest BCUT2D eigenvalue weighted by Gasteiger charge is -2.03. The van der Waals surface area contributed by atoms with Crippen molar-refractivity contribution in [3.8, 4) is 17.2 Å². The zero-order valence-electron chi connectivity index (χ0n) is 16.3. The normalized spacial score (nSPS) is 11.1. The Bertz CT molecular complexity index is 1030. The van der Waals surface area contributed by atoms with Crippen LogP contribution >= 0.6 is 0 Å². The van der Waals surface area contributed by atoms with Crippen LogP contribution in [0.5, 0.6) is 17.2 Å². The maximum atomic E-state index is 12.4. The molecule has 29 heavy (non-hydrogen) atoms. The van der Waals surface area contributed by atoms with Crippen molar-refractivity contribution in [2.75, 3.05) is 14.2 Å². The molecule has 4 nitrogen and oxygen atoms in total. The predicted molar refractivity (Wildman–Crippen MR) is 116 cm³/mol. The maximum absolute atomic E-state index is 12.4. The van der Waals surface area contributed by atoms with Gasteiger partial charge in [-0.2, -0.15) is 0 Å². The Kier molecular flexibility index (Phi) is 6.48. The van der Waals surface area contributed by atoms with E-state index in [1.807, 2.05) is 48.6 Å². The molecule has 3 aromatic carbocycles. The first-order chi connectivity index (χ1) is 14.1. The average Bonchev–Trinajstić information content (AvgIpc) is 2.77. The summed E-state index contributed by atoms with van der Waals surface area (Å²) < 4.78 is 10.2. The van der Waals surface area contributed by atoms with Crippen LogP contribution in [0.2, 0.25) is 0 Å². The Morgan fingerprint density at radius 2 is 1.34 bits per heavy atom. The van der Waals surface area contributed by atoms with E-state index >= 15 is 0 Å². The summed E-state index contributed by atoms with van der Waals surface area (Å²) >= 11 is 0. The number of benzene rings is 3. The summed E-state index contributed by atoms with van der Waals surface area (Å²) in [7, 11) is 3.14. The van der Waals surface area contributed by atoms with Crippen LogP contribution in [0.4, 0.5) is 0 Å². The number of allylic oxidation sites excluding steroid dienone is 1. The molecule has 0 unspecified atom stereocenters. The van der Waals surface area contributed by atoms with E-state index in [1.165, 1.54) is 7.11 Å². The number of phenolic OH excluding ortho intramolecular Hbond substituents is 1. The molecular weight excluding hydrogens is 364 g/mol. The van der Waals surface area contributed by atoms with Gasteiger partial charge in [-0.15, -0.1) is 0 Å². The highest BCUT2D eigenvalue weighted by Gasteiger charge is 2.02. The van der Waals surface area contributed by atoms with E-state index in [9.17, 15) is 9.90 Å². The Morgan fingerprint density at radius 3 is 2.00 bits per heavy atom. The van der Waals surface area contributed by atoms with Crippen molar-refractivity contribution in [1.82, 2.24) is 0 Å². The molecule has 0 aliphatic heterocycles. The van der Waals surface area contributed by atoms with Crippen molar-refractivity contribution >= 4 is 24.0 Å². The van der Waals surface area contributed by atoms with Crippen LogP contribution in [0.1, 0.15) is 27.0 Å². The number of carbonyl (C=O) groups excluding carboxylic acids is 1. The Balaban J connectivity index is 1.65. The van der Waals surface area contributed by atoms with Gasteiger partial charge in [0.15, 0.2) is 17.3 Å². The van der Waals surface area contributed by atoms with E-state index in [2.05, 4.69) is 0 Å². The highest BCUT2D eigenvalue weighted by atomic mass is 16.5. The van der Waals surface area contributed by atoms with Crippen molar-refractivity contribution in [1.29, 1.82) is 0 Å². The minimum atomic E-state index is -0.0559. The van der Waals surface area contributed by atoms with Gasteiger partial charge in [0.25, 0.3) is 0 Å². The molecule has 3 aromatic rings. The molecule has 0 saturated carbocycles. The van der Waals surface area contributed by atoms with Gasteiger partial charge in [0.2, 0.25) is 0 Å². The number of carbonyl (C=O) groups is 1. The molecule has 0 amide bonds. The topological polar surface area (TPSA) is 55.8 Å². The van der Waals surface area contributed by atoms with Gasteiger partial charge in [-0.25, -0.2) is 0 Å². The predicted octanol–water partition coefficient (Wildman–Crippen LogP) is 5.48. The summed E-state index contributed by atoms with van der Waals surface area (Å²) in [5.41, 5.74) is 3.43. The van der Waals surface area contributed by atoms with Gasteiger partial charge < -0.3 is 14.6 Å². The molecule has 0 saturated heterocycles. The van der Waals surface area contributed by atoms with Crippen LogP contribution in [-0.4, -0.2) is 25.1 Å². The molecule has 0 spiro atoms. The van der Waals surface area contributed by atoms with Gasteiger partial charge in [-0.05, 0) is 47.0 Å². The van der Waals surface area contributed by atoms with Crippen molar-refractivity contribution in [3.05, 3.63) is 95.1 Å². The second-order valence-corrected chi connectivity index (χ2v) is 6.36. The molecule has 0 bridgehead atoms. The zero-order valence-corrected chi connectivity index (χ0v) is 16.3. The number of methoxy groups -OCH3 is 2. The third-order valence-electron chi connectivity index (χ3n) is 4.41. The summed E-state index contributed by atoms with van der Waals surface area (Å²) in [4.78, 5) is 12.4. The quantitative estimate of drug-likeness (QED) is 0.332. The summed E-state index contributed by atoms with van der Waals surface area (Å²) in [5, 5.41) is 9.65. The van der Waals surface area contributed by atoms with Crippen LogP contribution in [0, 0.1) is 0 Å². The van der Waals surface area contributed by atoms with Crippen molar-refractivity contribution in [2.45, 2.75) is 0 Å². The summed E-state index contributed by atoms with van der Waals surface area (Å²) in [5.74, 6) is 1.26. The minimum Gasteiger partial charge on any atom is -0.504 e. The van der Waals surface area contributed by atoms with Gasteiger partial charge in [-0.3, -0.25) is 4.79 Å². The van der Waals surface area contributed by atoms with Crippen molar-refractivity contribution in [2.24, 2.45) is 0 Å². The zero-order chi connectivity index (χ0) is 20.6. The van der Waals surface area contributed by atoms with Crippen LogP contribution < -0.4 is 9.47 Å². The first kappa shape index (κ1) is 20.0. The number of hydrogen-bond acceptors (Lipinski definition) is 4. The lowest BCUT2D eigenvalue weighted by molar-refractivity contribution is 0.104. The third-order valence-corrected chi connectivity index (χ3v) is 4.41. The molecule has 0 heterocycles. The number of hydrogen-bond donors (Lipinski definition) is 1. The number of rotatable bonds is 7. The molecule has 146 valence electrons. The van der Waals surface area contributed by atoms with Gasteiger partial charge in [0, 0.05) is 5.56 Å². The molecule has 4 heteroatoms. The van der Waals surface area contributed by atoms with Crippen molar-refractivity contribution in [3.63, 3.8) is 0 Å². The van der Waals surface area contributed by atoms with Gasteiger partial charge in [0.05, 0.1) is 14.2 Å². The van der Waals surface area contributed by atoms with Gasteiger partial charge >= 0.3 is 0 Å². The van der Waals surface area contributed by atoms with Crippen LogP contribution in [0.15, 0.2) is 72.8 Å². The van der Waals surface area contributed by atoms with Crippen LogP contribution in [0.25, 0.3) is 18.2 Å². The molecular formula is C25H22O4. The number of ketones is 1. The highest BCUT2D eigenvalue weighted by molar-refractivity contribution is 6.06. The molecule has 3 rings (SSSR count). The molecule has 0 fully saturated rings. The Labute approximate surface area is 170 Å². The van der Waals surface area contributed by atoms with E-state index in [1.54, 1.807) is 49.6 Å². The molecule has 0 aliphatic carbocycles. The highest BCUT2D eigenvalue weighted by Crippen LogP contribution is 2.27. The van der Waals surface area contributed by atoms with Crippen LogP contribution in [-0.2, 0) is 0 Å². The maximum Gasteiger partial charge on any atom is 0.185 e. The Morgan fingerprint density at radius 1 is 0.759 bits per heavy atom.